The van der Waals surface area contributed by atoms with Crippen LogP contribution in [-0.4, -0.2) is 150 Å². The molecule has 3 aliphatic heterocycles. The number of nitrogens with zero attached hydrogens (tertiary/aromatic N) is 1. The first-order valence-electron chi connectivity index (χ1n) is 23.0. The van der Waals surface area contributed by atoms with Gasteiger partial charge in [0.1, 0.15) is 24.0 Å². The van der Waals surface area contributed by atoms with Gasteiger partial charge in [-0.2, -0.15) is 0 Å². The van der Waals surface area contributed by atoms with Crippen LogP contribution in [0.4, 0.5) is 0 Å². The van der Waals surface area contributed by atoms with Crippen LogP contribution >= 0.6 is 0 Å². The molecular weight excluding hydrogens is 829 g/mol. The van der Waals surface area contributed by atoms with E-state index in [9.17, 15) is 39.3 Å². The normalized spacial score (nSPS) is 37.6. The van der Waals surface area contributed by atoms with Gasteiger partial charge in [0.15, 0.2) is 0 Å². The van der Waals surface area contributed by atoms with Crippen molar-refractivity contribution in [3.05, 3.63) is 23.3 Å². The van der Waals surface area contributed by atoms with E-state index in [2.05, 4.69) is 5.32 Å². The van der Waals surface area contributed by atoms with E-state index < -0.39 is 90.0 Å². The molecule has 1 saturated carbocycles. The van der Waals surface area contributed by atoms with Crippen molar-refractivity contribution in [2.24, 2.45) is 29.6 Å². The third-order valence-corrected chi connectivity index (χ3v) is 13.8. The predicted octanol–water partition coefficient (Wildman–Crippen LogP) is 3.98. The Morgan fingerprint density at radius 1 is 0.938 bits per heavy atom. The van der Waals surface area contributed by atoms with E-state index in [0.29, 0.717) is 63.4 Å². The van der Waals surface area contributed by atoms with E-state index in [1.165, 1.54) is 14.2 Å². The number of piperidine rings is 1. The molecule has 0 unspecified atom stereocenters. The summed E-state index contributed by atoms with van der Waals surface area (Å²) in [5.74, 6) is -8.53. The lowest BCUT2D eigenvalue weighted by atomic mass is 9.81. The molecule has 16 nitrogen and oxygen atoms in total. The van der Waals surface area contributed by atoms with Crippen molar-refractivity contribution in [2.45, 2.75) is 180 Å². The molecule has 366 valence electrons. The smallest absolute Gasteiger partial charge is 0.329 e. The maximum Gasteiger partial charge on any atom is 0.329 e. The average Bonchev–Trinajstić information content (AvgIpc) is 3.26. The minimum atomic E-state index is -2.55. The van der Waals surface area contributed by atoms with Crippen molar-refractivity contribution in [2.75, 3.05) is 41.0 Å². The number of carbonyl (C=O) groups excluding carboxylic acids is 5. The first-order valence-corrected chi connectivity index (χ1v) is 23.0. The van der Waals surface area contributed by atoms with Gasteiger partial charge in [0.05, 0.1) is 37.1 Å². The molecule has 14 atom stereocenters. The Bertz CT molecular complexity index is 1620. The van der Waals surface area contributed by atoms with Gasteiger partial charge in [0.2, 0.25) is 11.7 Å². The number of carbonyl (C=O) groups is 5. The van der Waals surface area contributed by atoms with Crippen LogP contribution in [0.3, 0.4) is 0 Å². The average molecular weight is 909 g/mol. The van der Waals surface area contributed by atoms with Gasteiger partial charge in [0.25, 0.3) is 11.7 Å². The minimum absolute atomic E-state index is 0. The topological polar surface area (TPSA) is 228 Å². The lowest BCUT2D eigenvalue weighted by molar-refractivity contribution is -0.302. The fourth-order valence-corrected chi connectivity index (χ4v) is 10.1. The van der Waals surface area contributed by atoms with Crippen molar-refractivity contribution in [1.82, 2.24) is 10.2 Å². The first kappa shape index (κ1) is 55.2. The van der Waals surface area contributed by atoms with Crippen molar-refractivity contribution < 1.29 is 68.1 Å². The highest BCUT2D eigenvalue weighted by Crippen LogP contribution is 2.39. The van der Waals surface area contributed by atoms with Gasteiger partial charge in [-0.1, -0.05) is 45.9 Å². The van der Waals surface area contributed by atoms with E-state index in [4.69, 9.17) is 28.8 Å². The highest BCUT2D eigenvalue weighted by atomic mass is 16.7. The predicted molar refractivity (Wildman–Crippen MR) is 238 cm³/mol. The van der Waals surface area contributed by atoms with Crippen molar-refractivity contribution in [3.63, 3.8) is 0 Å². The highest BCUT2D eigenvalue weighted by Gasteiger charge is 2.56. The Kier molecular flexibility index (Phi) is 22.2. The number of amides is 2. The molecule has 1 aliphatic carbocycles. The monoisotopic (exact) mass is 909 g/mol. The SMILES string of the molecule is C.CO[C@H]1C[C@@H](C)C/C(C)=C/[C@@H](CCCC(=O)NCCO)C(=O)C[C@H](O)[C@@H](C)[C@@H](/C(C)=C/[C@@H]2CC[C@@H](O)[C@H](OC)C2)OC(=O)[C@@H]2CCCCN2C(=O)C(=O)[C@]2(O)O[C@H]1[C@@H](OC)C[C@H]2C. The molecule has 16 heteroatoms. The summed E-state index contributed by atoms with van der Waals surface area (Å²) in [5, 5.41) is 46.2. The van der Waals surface area contributed by atoms with Crippen LogP contribution in [0.2, 0.25) is 0 Å². The van der Waals surface area contributed by atoms with Crippen LogP contribution in [-0.2, 0) is 47.7 Å². The lowest BCUT2D eigenvalue weighted by Crippen LogP contribution is -2.64. The van der Waals surface area contributed by atoms with Crippen molar-refractivity contribution in [3.8, 4) is 0 Å². The van der Waals surface area contributed by atoms with E-state index >= 15 is 0 Å². The Hall–Kier alpha value is -3.09. The zero-order chi connectivity index (χ0) is 46.6. The number of esters is 1. The Labute approximate surface area is 380 Å². The van der Waals surface area contributed by atoms with Crippen molar-refractivity contribution >= 4 is 29.4 Å². The molecule has 2 bridgehead atoms. The molecule has 4 rings (SSSR count). The number of methoxy groups -OCH3 is 3. The summed E-state index contributed by atoms with van der Waals surface area (Å²) >= 11 is 0. The van der Waals surface area contributed by atoms with Crippen LogP contribution in [0.25, 0.3) is 0 Å². The second-order valence-corrected chi connectivity index (χ2v) is 18.7. The zero-order valence-corrected chi connectivity index (χ0v) is 38.8. The number of aliphatic hydroxyl groups excluding tert-OH is 3. The molecule has 5 N–H and O–H groups in total. The minimum Gasteiger partial charge on any atom is -0.456 e. The van der Waals surface area contributed by atoms with Crippen molar-refractivity contribution in [1.29, 1.82) is 0 Å². The third-order valence-electron chi connectivity index (χ3n) is 13.8. The van der Waals surface area contributed by atoms with Gasteiger partial charge in [0, 0.05) is 65.0 Å². The molecule has 0 radical (unpaired) electrons. The number of allylic oxidation sites excluding steroid dienone is 3. The van der Waals surface area contributed by atoms with Gasteiger partial charge >= 0.3 is 5.97 Å². The highest BCUT2D eigenvalue weighted by molar-refractivity contribution is 6.39. The van der Waals surface area contributed by atoms with Gasteiger partial charge in [-0.3, -0.25) is 19.2 Å². The number of cyclic esters (lactones) is 1. The molecule has 64 heavy (non-hydrogen) atoms. The fraction of sp³-hybridized carbons (Fsp3) is 0.812. The summed E-state index contributed by atoms with van der Waals surface area (Å²) in [6, 6.07) is -1.18. The number of ketones is 2. The number of fused-ring (bicyclic) bond motifs is 3. The van der Waals surface area contributed by atoms with Crippen LogP contribution < -0.4 is 5.32 Å². The number of hydrogen-bond acceptors (Lipinski definition) is 14. The van der Waals surface area contributed by atoms with E-state index in [0.717, 1.165) is 10.5 Å². The van der Waals surface area contributed by atoms with E-state index in [-0.39, 0.29) is 76.3 Å². The number of hydrogen-bond donors (Lipinski definition) is 5. The molecular formula is C48H80N2O14. The Morgan fingerprint density at radius 3 is 2.27 bits per heavy atom. The summed E-state index contributed by atoms with van der Waals surface area (Å²) < 4.78 is 29.9. The molecule has 4 aliphatic rings. The first-order chi connectivity index (χ1) is 29.9. The summed E-state index contributed by atoms with van der Waals surface area (Å²) in [6.45, 7) is 9.02. The quantitative estimate of drug-likeness (QED) is 0.112. The fourth-order valence-electron chi connectivity index (χ4n) is 10.1. The van der Waals surface area contributed by atoms with Crippen LogP contribution in [0.5, 0.6) is 0 Å². The number of nitrogens with one attached hydrogen (secondary N) is 1. The number of rotatable bonds is 11. The summed E-state index contributed by atoms with van der Waals surface area (Å²) in [7, 11) is 4.56. The largest absolute Gasteiger partial charge is 0.456 e. The molecule has 2 amide bonds. The summed E-state index contributed by atoms with van der Waals surface area (Å²) in [6.07, 6.45) is 2.90. The molecule has 0 spiro atoms. The maximum atomic E-state index is 14.4. The number of ether oxygens (including phenoxy) is 5. The standard InChI is InChI=1S/C47H76N2O14.CH4/c1-27-20-28(2)22-39(60-7)43-40(61-8)24-30(4)47(58,63-43)44(55)45(56)49-18-10-9-13-34(49)46(57)62-42(29(3)23-32-15-16-35(51)38(25-32)59-6)31(5)36(52)26-37(53)33(21-27)12-11-14-41(54)48-17-19-50;/h21,23,28,30-36,38-40,42-43,50-52,58H,9-20,22,24-26H2,1-8H3,(H,48,54);1H4/b27-21+,29-23+;/t28-,30+,31+,32-,33+,34-,35+,36-,38+,39-,40-,42+,43+,47+;/m0./s1. The number of aliphatic hydroxyl groups is 4. The molecule has 3 fully saturated rings. The summed E-state index contributed by atoms with van der Waals surface area (Å²) in [5.41, 5.74) is 1.50. The van der Waals surface area contributed by atoms with Gasteiger partial charge in [-0.05, 0) is 102 Å². The Morgan fingerprint density at radius 2 is 1.61 bits per heavy atom. The van der Waals surface area contributed by atoms with Gasteiger partial charge in [-0.25, -0.2) is 4.79 Å². The Balaban J connectivity index is 0.0000109. The van der Waals surface area contributed by atoms with Crippen LogP contribution in [0, 0.1) is 29.6 Å². The molecule has 3 heterocycles. The van der Waals surface area contributed by atoms with Gasteiger partial charge in [-0.15, -0.1) is 0 Å². The van der Waals surface area contributed by atoms with E-state index in [1.807, 2.05) is 26.0 Å². The van der Waals surface area contributed by atoms with Gasteiger partial charge < -0.3 is 54.3 Å². The molecule has 0 aromatic heterocycles. The van der Waals surface area contributed by atoms with Crippen LogP contribution in [0.15, 0.2) is 23.3 Å². The van der Waals surface area contributed by atoms with Crippen LogP contribution in [0.1, 0.15) is 126 Å². The zero-order valence-electron chi connectivity index (χ0n) is 38.8. The molecule has 0 aromatic carbocycles. The summed E-state index contributed by atoms with van der Waals surface area (Å²) in [4.78, 5) is 70.9. The van der Waals surface area contributed by atoms with E-state index in [1.54, 1.807) is 27.9 Å². The maximum absolute atomic E-state index is 14.4. The lowest BCUT2D eigenvalue weighted by Gasteiger charge is -2.47. The second kappa shape index (κ2) is 25.7. The molecule has 2 saturated heterocycles. The number of Topliss-reactive ketones (excluding diaryl/α,β-unsaturated/α-hetero) is 2. The second-order valence-electron chi connectivity index (χ2n) is 18.7. The third kappa shape index (κ3) is 14.2. The molecule has 0 aromatic rings.